The second-order valence-electron chi connectivity index (χ2n) is 9.14. The molecule has 0 bridgehead atoms. The Bertz CT molecular complexity index is 1970. The number of carbonyl (C=O) groups excluding carboxylic acids is 1. The molecule has 0 aliphatic heterocycles. The van der Waals surface area contributed by atoms with Gasteiger partial charge in [0.25, 0.3) is 5.56 Å². The van der Waals surface area contributed by atoms with Crippen LogP contribution >= 0.6 is 0 Å². The number of hydrogen-bond donors (Lipinski definition) is 0. The molecule has 0 amide bonds. The average Bonchev–Trinajstić information content (AvgIpc) is 3.54. The Labute approximate surface area is 221 Å². The van der Waals surface area contributed by atoms with Crippen LogP contribution < -0.4 is 11.2 Å². The summed E-state index contributed by atoms with van der Waals surface area (Å²) in [6.45, 7) is 0.401. The number of methoxy groups -OCH3 is 1. The van der Waals surface area contributed by atoms with Crippen molar-refractivity contribution in [2.75, 3.05) is 7.11 Å². The number of nitrogens with zero attached hydrogens (tertiary/aromatic N) is 6. The van der Waals surface area contributed by atoms with Crippen LogP contribution in [0.25, 0.3) is 28.0 Å². The van der Waals surface area contributed by atoms with E-state index in [9.17, 15) is 14.4 Å². The third kappa shape index (κ3) is 4.02. The van der Waals surface area contributed by atoms with Gasteiger partial charge in [0.05, 0.1) is 25.7 Å². The number of aromatic nitrogens is 6. The number of fused-ring (bicyclic) bond motifs is 2. The standard InChI is InChI=1S/C29H24N6O4/c1-32-25-24(26(36)34(29(32)38)18-20-13-7-4-8-14-20)33(17-19-11-5-3-6-12-19)28(30-25)35-22-16-10-9-15-21(22)23(31-35)27(37)39-2/h3-16H,17-18H2,1-2H3. The van der Waals surface area contributed by atoms with E-state index >= 15 is 0 Å². The molecule has 0 atom stereocenters. The van der Waals surface area contributed by atoms with E-state index in [-0.39, 0.29) is 29.9 Å². The van der Waals surface area contributed by atoms with Crippen molar-refractivity contribution in [3.05, 3.63) is 123 Å². The van der Waals surface area contributed by atoms with Crippen LogP contribution in [0.4, 0.5) is 0 Å². The van der Waals surface area contributed by atoms with Crippen molar-refractivity contribution in [1.29, 1.82) is 0 Å². The Balaban J connectivity index is 1.67. The predicted molar refractivity (Wildman–Crippen MR) is 146 cm³/mol. The molecule has 3 aromatic carbocycles. The number of aryl methyl sites for hydroxylation is 1. The Morgan fingerprint density at radius 3 is 2.05 bits per heavy atom. The Kier molecular flexibility index (Phi) is 5.91. The Morgan fingerprint density at radius 2 is 1.41 bits per heavy atom. The summed E-state index contributed by atoms with van der Waals surface area (Å²) in [6.07, 6.45) is 0. The van der Waals surface area contributed by atoms with Crippen LogP contribution in [-0.4, -0.2) is 41.5 Å². The van der Waals surface area contributed by atoms with Crippen LogP contribution in [0.5, 0.6) is 0 Å². The molecule has 3 heterocycles. The van der Waals surface area contributed by atoms with Gasteiger partial charge in [-0.05, 0) is 17.2 Å². The second kappa shape index (κ2) is 9.56. The SMILES string of the molecule is COC(=O)c1nn(-c2nc3c(c(=O)n(Cc4ccccc4)c(=O)n3C)n2Cc2ccccc2)c2ccccc12. The quantitative estimate of drug-likeness (QED) is 0.313. The van der Waals surface area contributed by atoms with Gasteiger partial charge in [-0.1, -0.05) is 78.9 Å². The number of benzene rings is 3. The van der Waals surface area contributed by atoms with E-state index < -0.39 is 17.2 Å². The maximum absolute atomic E-state index is 14.0. The lowest BCUT2D eigenvalue weighted by Crippen LogP contribution is -2.40. The van der Waals surface area contributed by atoms with Crippen LogP contribution in [0.1, 0.15) is 21.6 Å². The van der Waals surface area contributed by atoms with E-state index in [2.05, 4.69) is 5.10 Å². The molecule has 6 rings (SSSR count). The lowest BCUT2D eigenvalue weighted by molar-refractivity contribution is 0.0595. The molecule has 194 valence electrons. The second-order valence-corrected chi connectivity index (χ2v) is 9.14. The minimum absolute atomic E-state index is 0.116. The lowest BCUT2D eigenvalue weighted by atomic mass is 10.2. The van der Waals surface area contributed by atoms with Gasteiger partial charge in [0.15, 0.2) is 16.9 Å². The highest BCUT2D eigenvalue weighted by Gasteiger charge is 2.25. The topological polar surface area (TPSA) is 106 Å². The molecular formula is C29H24N6O4. The first-order valence-corrected chi connectivity index (χ1v) is 12.3. The number of para-hydroxylation sites is 1. The van der Waals surface area contributed by atoms with Gasteiger partial charge in [-0.25, -0.2) is 9.59 Å². The maximum Gasteiger partial charge on any atom is 0.359 e. The highest BCUT2D eigenvalue weighted by molar-refractivity contribution is 6.02. The molecule has 0 fully saturated rings. The fourth-order valence-electron chi connectivity index (χ4n) is 4.81. The first-order valence-electron chi connectivity index (χ1n) is 12.3. The summed E-state index contributed by atoms with van der Waals surface area (Å²) in [6, 6.07) is 26.2. The summed E-state index contributed by atoms with van der Waals surface area (Å²) >= 11 is 0. The summed E-state index contributed by atoms with van der Waals surface area (Å²) in [5.41, 5.74) is 2.02. The molecule has 0 N–H and O–H groups in total. The van der Waals surface area contributed by atoms with E-state index in [1.165, 1.54) is 20.9 Å². The Hall–Kier alpha value is -5.25. The Morgan fingerprint density at radius 1 is 0.821 bits per heavy atom. The molecule has 6 aromatic rings. The highest BCUT2D eigenvalue weighted by Crippen LogP contribution is 2.25. The molecule has 0 saturated carbocycles. The van der Waals surface area contributed by atoms with Gasteiger partial charge in [-0.2, -0.15) is 14.8 Å². The average molecular weight is 521 g/mol. The summed E-state index contributed by atoms with van der Waals surface area (Å²) in [4.78, 5) is 44.7. The van der Waals surface area contributed by atoms with Crippen molar-refractivity contribution in [3.63, 3.8) is 0 Å². The summed E-state index contributed by atoms with van der Waals surface area (Å²) in [5, 5.41) is 5.14. The van der Waals surface area contributed by atoms with Crippen LogP contribution in [0, 0.1) is 0 Å². The molecular weight excluding hydrogens is 496 g/mol. The lowest BCUT2D eigenvalue weighted by Gasteiger charge is -2.12. The van der Waals surface area contributed by atoms with Crippen LogP contribution in [0.15, 0.2) is 94.5 Å². The number of carbonyl (C=O) groups is 1. The van der Waals surface area contributed by atoms with Gasteiger partial charge < -0.3 is 4.74 Å². The molecule has 39 heavy (non-hydrogen) atoms. The fraction of sp³-hybridized carbons (Fsp3) is 0.138. The van der Waals surface area contributed by atoms with Crippen LogP contribution in [0.3, 0.4) is 0 Å². The van der Waals surface area contributed by atoms with Crippen molar-refractivity contribution >= 4 is 28.0 Å². The molecule has 0 aliphatic rings. The van der Waals surface area contributed by atoms with E-state index in [0.29, 0.717) is 16.9 Å². The van der Waals surface area contributed by atoms with Crippen molar-refractivity contribution in [2.24, 2.45) is 7.05 Å². The minimum Gasteiger partial charge on any atom is -0.464 e. The van der Waals surface area contributed by atoms with Crippen LogP contribution in [0.2, 0.25) is 0 Å². The first-order chi connectivity index (χ1) is 19.0. The summed E-state index contributed by atoms with van der Waals surface area (Å²) in [7, 11) is 2.89. The van der Waals surface area contributed by atoms with Crippen molar-refractivity contribution in [3.8, 4) is 5.95 Å². The third-order valence-electron chi connectivity index (χ3n) is 6.73. The zero-order valence-corrected chi connectivity index (χ0v) is 21.3. The predicted octanol–water partition coefficient (Wildman–Crippen LogP) is 3.12. The van der Waals surface area contributed by atoms with Crippen molar-refractivity contribution in [1.82, 2.24) is 28.5 Å². The van der Waals surface area contributed by atoms with Gasteiger partial charge >= 0.3 is 11.7 Å². The minimum atomic E-state index is -0.590. The fourth-order valence-corrected chi connectivity index (χ4v) is 4.81. The van der Waals surface area contributed by atoms with Gasteiger partial charge in [0.2, 0.25) is 5.95 Å². The molecule has 0 radical (unpaired) electrons. The van der Waals surface area contributed by atoms with Gasteiger partial charge in [-0.3, -0.25) is 18.5 Å². The van der Waals surface area contributed by atoms with Gasteiger partial charge in [0.1, 0.15) is 0 Å². The number of ether oxygens (including phenoxy) is 1. The third-order valence-corrected chi connectivity index (χ3v) is 6.73. The number of imidazole rings is 1. The molecule has 0 saturated heterocycles. The van der Waals surface area contributed by atoms with Crippen LogP contribution in [-0.2, 0) is 24.9 Å². The monoisotopic (exact) mass is 520 g/mol. The van der Waals surface area contributed by atoms with Gasteiger partial charge in [-0.15, -0.1) is 0 Å². The molecule has 0 spiro atoms. The summed E-state index contributed by atoms with van der Waals surface area (Å²) < 4.78 is 10.8. The summed E-state index contributed by atoms with van der Waals surface area (Å²) in [5.74, 6) is -0.293. The van der Waals surface area contributed by atoms with E-state index in [1.54, 1.807) is 23.7 Å². The molecule has 0 aliphatic carbocycles. The van der Waals surface area contributed by atoms with E-state index in [0.717, 1.165) is 11.1 Å². The molecule has 3 aromatic heterocycles. The van der Waals surface area contributed by atoms with Gasteiger partial charge in [0, 0.05) is 12.4 Å². The zero-order chi connectivity index (χ0) is 27.1. The molecule has 10 heteroatoms. The maximum atomic E-state index is 14.0. The number of hydrogen-bond acceptors (Lipinski definition) is 6. The first kappa shape index (κ1) is 24.1. The largest absolute Gasteiger partial charge is 0.464 e. The number of rotatable bonds is 6. The highest BCUT2D eigenvalue weighted by atomic mass is 16.5. The van der Waals surface area contributed by atoms with E-state index in [4.69, 9.17) is 9.72 Å². The normalized spacial score (nSPS) is 11.3. The van der Waals surface area contributed by atoms with E-state index in [1.807, 2.05) is 72.8 Å². The zero-order valence-electron chi connectivity index (χ0n) is 21.3. The van der Waals surface area contributed by atoms with Crippen molar-refractivity contribution in [2.45, 2.75) is 13.1 Å². The van der Waals surface area contributed by atoms with Crippen molar-refractivity contribution < 1.29 is 9.53 Å². The molecule has 10 nitrogen and oxygen atoms in total. The number of esters is 1. The molecule has 0 unspecified atom stereocenters. The smallest absolute Gasteiger partial charge is 0.359 e.